The number of H-pyrrole nitrogens is 1. The summed E-state index contributed by atoms with van der Waals surface area (Å²) >= 11 is 0. The van der Waals surface area contributed by atoms with Gasteiger partial charge in [-0.05, 0) is 36.8 Å². The van der Waals surface area contributed by atoms with Gasteiger partial charge in [0.15, 0.2) is 0 Å². The van der Waals surface area contributed by atoms with Gasteiger partial charge in [0.2, 0.25) is 5.91 Å². The first kappa shape index (κ1) is 13.6. The lowest BCUT2D eigenvalue weighted by atomic mass is 9.94. The van der Waals surface area contributed by atoms with Crippen molar-refractivity contribution in [1.29, 1.82) is 0 Å². The number of benzene rings is 1. The molecule has 4 heteroatoms. The van der Waals surface area contributed by atoms with Crippen LogP contribution in [-0.4, -0.2) is 34.1 Å². The van der Waals surface area contributed by atoms with Gasteiger partial charge in [-0.25, -0.2) is 0 Å². The van der Waals surface area contributed by atoms with Gasteiger partial charge in [-0.15, -0.1) is 0 Å². The Bertz CT molecular complexity index is 638. The van der Waals surface area contributed by atoms with Crippen LogP contribution in [0.4, 0.5) is 0 Å². The van der Waals surface area contributed by atoms with E-state index in [1.165, 1.54) is 5.56 Å². The third kappa shape index (κ3) is 2.54. The van der Waals surface area contributed by atoms with Crippen LogP contribution in [-0.2, 0) is 4.79 Å². The molecule has 2 heterocycles. The highest BCUT2D eigenvalue weighted by Crippen LogP contribution is 2.48. The van der Waals surface area contributed by atoms with E-state index >= 15 is 0 Å². The van der Waals surface area contributed by atoms with Gasteiger partial charge in [-0.3, -0.25) is 9.89 Å². The Hall–Kier alpha value is -2.10. The van der Waals surface area contributed by atoms with Gasteiger partial charge in [0.05, 0.1) is 0 Å². The Balaban J connectivity index is 1.41. The van der Waals surface area contributed by atoms with Crippen LogP contribution in [0.2, 0.25) is 0 Å². The van der Waals surface area contributed by atoms with Crippen molar-refractivity contribution >= 4 is 5.91 Å². The number of hydrogen-bond donors (Lipinski definition) is 1. The number of aromatic nitrogens is 2. The van der Waals surface area contributed by atoms with Crippen molar-refractivity contribution in [3.05, 3.63) is 53.9 Å². The molecular formula is C18H21N3O. The lowest BCUT2D eigenvalue weighted by molar-refractivity contribution is -0.133. The van der Waals surface area contributed by atoms with Crippen LogP contribution < -0.4 is 0 Å². The van der Waals surface area contributed by atoms with Crippen molar-refractivity contribution in [2.45, 2.75) is 31.1 Å². The maximum atomic E-state index is 12.8. The Labute approximate surface area is 130 Å². The predicted molar refractivity (Wildman–Crippen MR) is 84.4 cm³/mol. The summed E-state index contributed by atoms with van der Waals surface area (Å²) in [7, 11) is 0. The van der Waals surface area contributed by atoms with Gasteiger partial charge < -0.3 is 4.90 Å². The molecule has 1 saturated carbocycles. The van der Waals surface area contributed by atoms with E-state index in [0.29, 0.717) is 17.7 Å². The van der Waals surface area contributed by atoms with Crippen molar-refractivity contribution in [3.63, 3.8) is 0 Å². The fourth-order valence-corrected chi connectivity index (χ4v) is 3.70. The zero-order chi connectivity index (χ0) is 14.9. The molecule has 1 aliphatic carbocycles. The van der Waals surface area contributed by atoms with Crippen LogP contribution in [0.1, 0.15) is 42.4 Å². The smallest absolute Gasteiger partial charge is 0.226 e. The van der Waals surface area contributed by atoms with E-state index in [-0.39, 0.29) is 5.92 Å². The molecule has 2 fully saturated rings. The average molecular weight is 295 g/mol. The van der Waals surface area contributed by atoms with Crippen LogP contribution in [0.25, 0.3) is 0 Å². The summed E-state index contributed by atoms with van der Waals surface area (Å²) in [6.07, 6.45) is 5.02. The zero-order valence-electron chi connectivity index (χ0n) is 12.6. The highest BCUT2D eigenvalue weighted by Gasteiger charge is 2.46. The van der Waals surface area contributed by atoms with Crippen molar-refractivity contribution < 1.29 is 4.79 Å². The van der Waals surface area contributed by atoms with Crippen molar-refractivity contribution in [1.82, 2.24) is 15.1 Å². The van der Waals surface area contributed by atoms with Gasteiger partial charge in [0, 0.05) is 36.8 Å². The van der Waals surface area contributed by atoms with Gasteiger partial charge in [0.25, 0.3) is 0 Å². The van der Waals surface area contributed by atoms with E-state index in [9.17, 15) is 4.79 Å². The molecule has 1 saturated heterocycles. The summed E-state index contributed by atoms with van der Waals surface area (Å²) < 4.78 is 0. The normalized spacial score (nSPS) is 27.6. The minimum atomic E-state index is 0.197. The van der Waals surface area contributed by atoms with Gasteiger partial charge in [-0.1, -0.05) is 30.3 Å². The van der Waals surface area contributed by atoms with E-state index < -0.39 is 0 Å². The number of carbonyl (C=O) groups excluding carboxylic acids is 1. The van der Waals surface area contributed by atoms with Crippen molar-refractivity contribution in [2.24, 2.45) is 5.92 Å². The van der Waals surface area contributed by atoms with Crippen LogP contribution in [0, 0.1) is 5.92 Å². The number of rotatable bonds is 3. The van der Waals surface area contributed by atoms with Gasteiger partial charge in [0.1, 0.15) is 0 Å². The molecule has 0 spiro atoms. The number of nitrogens with one attached hydrogen (secondary N) is 1. The minimum Gasteiger partial charge on any atom is -0.342 e. The van der Waals surface area contributed by atoms with Crippen LogP contribution in [0.5, 0.6) is 0 Å². The minimum absolute atomic E-state index is 0.197. The highest BCUT2D eigenvalue weighted by molar-refractivity contribution is 5.83. The van der Waals surface area contributed by atoms with Crippen LogP contribution in [0.3, 0.4) is 0 Å². The maximum absolute atomic E-state index is 12.8. The SMILES string of the molecule is O=C([C@@H]1C[C@@H]1c1ccccc1)N1CCC[C@H](c2ccn[nH]2)C1. The summed E-state index contributed by atoms with van der Waals surface area (Å²) in [6.45, 7) is 1.74. The predicted octanol–water partition coefficient (Wildman–Crippen LogP) is 2.92. The zero-order valence-corrected chi connectivity index (χ0v) is 12.6. The Kier molecular flexibility index (Phi) is 3.45. The molecule has 2 aliphatic rings. The molecule has 3 atom stereocenters. The third-order valence-corrected chi connectivity index (χ3v) is 5.03. The highest BCUT2D eigenvalue weighted by atomic mass is 16.2. The van der Waals surface area contributed by atoms with E-state index in [4.69, 9.17) is 0 Å². The molecule has 0 unspecified atom stereocenters. The number of aromatic amines is 1. The molecule has 1 aromatic heterocycles. The summed E-state index contributed by atoms with van der Waals surface area (Å²) in [4.78, 5) is 14.8. The summed E-state index contributed by atoms with van der Waals surface area (Å²) in [5.41, 5.74) is 2.47. The first-order chi connectivity index (χ1) is 10.8. The molecule has 22 heavy (non-hydrogen) atoms. The fraction of sp³-hybridized carbons (Fsp3) is 0.444. The molecule has 4 nitrogen and oxygen atoms in total. The second-order valence-electron chi connectivity index (χ2n) is 6.49. The largest absolute Gasteiger partial charge is 0.342 e. The molecule has 1 aromatic carbocycles. The fourth-order valence-electron chi connectivity index (χ4n) is 3.70. The second kappa shape index (κ2) is 5.59. The molecule has 114 valence electrons. The maximum Gasteiger partial charge on any atom is 0.226 e. The average Bonchev–Trinajstić information content (AvgIpc) is 3.19. The topological polar surface area (TPSA) is 49.0 Å². The third-order valence-electron chi connectivity index (χ3n) is 5.03. The van der Waals surface area contributed by atoms with E-state index in [0.717, 1.165) is 38.0 Å². The first-order valence-electron chi connectivity index (χ1n) is 8.16. The number of hydrogen-bond acceptors (Lipinski definition) is 2. The van der Waals surface area contributed by atoms with Crippen LogP contribution >= 0.6 is 0 Å². The van der Waals surface area contributed by atoms with E-state index in [1.54, 1.807) is 6.20 Å². The number of piperidine rings is 1. The molecular weight excluding hydrogens is 274 g/mol. The quantitative estimate of drug-likeness (QED) is 0.946. The van der Waals surface area contributed by atoms with Crippen molar-refractivity contribution in [2.75, 3.05) is 13.1 Å². The Morgan fingerprint density at radius 3 is 2.86 bits per heavy atom. The Morgan fingerprint density at radius 1 is 1.23 bits per heavy atom. The van der Waals surface area contributed by atoms with Crippen molar-refractivity contribution in [3.8, 4) is 0 Å². The molecule has 0 radical (unpaired) electrons. The van der Waals surface area contributed by atoms with Crippen LogP contribution in [0.15, 0.2) is 42.6 Å². The second-order valence-corrected chi connectivity index (χ2v) is 6.49. The molecule has 1 N–H and O–H groups in total. The summed E-state index contributed by atoms with van der Waals surface area (Å²) in [5.74, 6) is 1.39. The number of nitrogens with zero attached hydrogens (tertiary/aromatic N) is 2. The summed E-state index contributed by atoms with van der Waals surface area (Å²) in [6, 6.07) is 12.5. The lowest BCUT2D eigenvalue weighted by Crippen LogP contribution is -2.40. The Morgan fingerprint density at radius 2 is 2.09 bits per heavy atom. The summed E-state index contributed by atoms with van der Waals surface area (Å²) in [5, 5.41) is 7.10. The number of likely N-dealkylation sites (tertiary alicyclic amines) is 1. The molecule has 1 amide bonds. The molecule has 1 aliphatic heterocycles. The molecule has 0 bridgehead atoms. The first-order valence-corrected chi connectivity index (χ1v) is 8.16. The van der Waals surface area contributed by atoms with E-state index in [2.05, 4.69) is 39.4 Å². The number of carbonyl (C=O) groups is 1. The van der Waals surface area contributed by atoms with E-state index in [1.807, 2.05) is 12.1 Å². The lowest BCUT2D eigenvalue weighted by Gasteiger charge is -2.32. The molecule has 2 aromatic rings. The van der Waals surface area contributed by atoms with Gasteiger partial charge >= 0.3 is 0 Å². The monoisotopic (exact) mass is 295 g/mol. The standard InChI is InChI=1S/C18H21N3O/c22-18(16-11-15(16)13-5-2-1-3-6-13)21-10-4-7-14(12-21)17-8-9-19-20-17/h1-3,5-6,8-9,14-16H,4,7,10-12H2,(H,19,20)/t14-,15+,16+/m0/s1. The van der Waals surface area contributed by atoms with Gasteiger partial charge in [-0.2, -0.15) is 5.10 Å². The molecule has 4 rings (SSSR count). The number of amides is 1.